The Bertz CT molecular complexity index is 1420. The van der Waals surface area contributed by atoms with Crippen LogP contribution in [0.1, 0.15) is 77.6 Å². The van der Waals surface area contributed by atoms with Crippen molar-refractivity contribution in [2.45, 2.75) is 108 Å². The summed E-state index contributed by atoms with van der Waals surface area (Å²) < 4.78 is 43.0. The molecule has 12 nitrogen and oxygen atoms in total. The van der Waals surface area contributed by atoms with Gasteiger partial charge < -0.3 is 33.2 Å². The van der Waals surface area contributed by atoms with Gasteiger partial charge in [-0.2, -0.15) is 0 Å². The Kier molecular flexibility index (Phi) is 7.35. The lowest BCUT2D eigenvalue weighted by Gasteiger charge is -2.71. The summed E-state index contributed by atoms with van der Waals surface area (Å²) in [7, 11) is 0. The Morgan fingerprint density at radius 3 is 2.02 bits per heavy atom. The molecule has 5 fully saturated rings. The highest BCUT2D eigenvalue weighted by molar-refractivity contribution is 5.89. The molecule has 0 amide bonds. The van der Waals surface area contributed by atoms with Crippen molar-refractivity contribution in [3.05, 3.63) is 35.9 Å². The van der Waals surface area contributed by atoms with Crippen LogP contribution in [-0.2, 0) is 52.3 Å². The topological polar surface area (TPSA) is 153 Å². The van der Waals surface area contributed by atoms with Gasteiger partial charge in [0.05, 0.1) is 18.6 Å². The first-order chi connectivity index (χ1) is 21.1. The van der Waals surface area contributed by atoms with Crippen LogP contribution in [0.4, 0.5) is 0 Å². The van der Waals surface area contributed by atoms with E-state index in [0.717, 1.165) is 0 Å². The van der Waals surface area contributed by atoms with Crippen molar-refractivity contribution >= 4 is 29.8 Å². The molecule has 1 aromatic rings. The number of ether oxygens (including phenoxy) is 7. The summed E-state index contributed by atoms with van der Waals surface area (Å²) in [4.78, 5) is 64.3. The summed E-state index contributed by atoms with van der Waals surface area (Å²) >= 11 is 0. The lowest BCUT2D eigenvalue weighted by atomic mass is 9.39. The number of carbonyl (C=O) groups excluding carboxylic acids is 5. The summed E-state index contributed by atoms with van der Waals surface area (Å²) in [6.07, 6.45) is -3.06. The molecular weight excluding hydrogens is 588 g/mol. The molecule has 10 atom stereocenters. The minimum absolute atomic E-state index is 0.122. The number of hydrogen-bond acceptors (Lipinski definition) is 12. The molecule has 244 valence electrons. The van der Waals surface area contributed by atoms with Crippen LogP contribution in [0.2, 0.25) is 0 Å². The summed E-state index contributed by atoms with van der Waals surface area (Å²) in [6, 6.07) is 8.48. The molecule has 3 heterocycles. The molecule has 12 heteroatoms. The van der Waals surface area contributed by atoms with E-state index in [2.05, 4.69) is 0 Å². The highest BCUT2D eigenvalue weighted by Crippen LogP contribution is 2.73. The minimum Gasteiger partial charge on any atom is -0.462 e. The molecule has 3 aliphatic heterocycles. The second-order valence-corrected chi connectivity index (χ2v) is 13.8. The number of benzene rings is 1. The molecule has 0 radical (unpaired) electrons. The van der Waals surface area contributed by atoms with E-state index in [1.807, 2.05) is 13.8 Å². The van der Waals surface area contributed by atoms with Crippen molar-refractivity contribution in [3.63, 3.8) is 0 Å². The van der Waals surface area contributed by atoms with Crippen molar-refractivity contribution in [3.8, 4) is 0 Å². The fourth-order valence-electron chi connectivity index (χ4n) is 9.13. The van der Waals surface area contributed by atoms with Crippen molar-refractivity contribution in [1.29, 1.82) is 0 Å². The van der Waals surface area contributed by atoms with E-state index in [0.29, 0.717) is 25.0 Å². The molecule has 0 bridgehead atoms. The van der Waals surface area contributed by atoms with Gasteiger partial charge in [-0.05, 0) is 38.3 Å². The van der Waals surface area contributed by atoms with Crippen LogP contribution in [0.15, 0.2) is 30.3 Å². The molecule has 2 spiro atoms. The van der Waals surface area contributed by atoms with Crippen molar-refractivity contribution < 1.29 is 57.1 Å². The van der Waals surface area contributed by atoms with E-state index < -0.39 is 87.8 Å². The molecule has 6 rings (SSSR count). The van der Waals surface area contributed by atoms with Gasteiger partial charge >= 0.3 is 29.8 Å². The number of fused-ring (bicyclic) bond motifs is 4. The van der Waals surface area contributed by atoms with Crippen LogP contribution in [-0.4, -0.2) is 84.3 Å². The van der Waals surface area contributed by atoms with Gasteiger partial charge in [-0.3, -0.25) is 19.2 Å². The average molecular weight is 629 g/mol. The number of rotatable bonds is 5. The number of carbonyl (C=O) groups is 5. The standard InChI is InChI=1S/C33H40O12/c1-18(34)41-22-12-13-33(17-40-33)30(5)25(22)29(4)14-23(44-28(38)21-10-8-7-9-11-21)32(15-24(37)39-16-32)45-31(29,6)27(43-20(3)36)26(30)42-19(2)35/h7-11,22-23,25-27H,12-17H2,1-6H3/t22-,23+,25-,26+,27+,29-,30+,31+,32-,33+/m1/s1. The maximum atomic E-state index is 13.5. The number of epoxide rings is 1. The fourth-order valence-corrected chi connectivity index (χ4v) is 9.13. The molecule has 3 saturated heterocycles. The van der Waals surface area contributed by atoms with Crippen LogP contribution < -0.4 is 0 Å². The maximum absolute atomic E-state index is 13.5. The smallest absolute Gasteiger partial charge is 0.338 e. The molecule has 45 heavy (non-hydrogen) atoms. The Balaban J connectivity index is 1.55. The van der Waals surface area contributed by atoms with E-state index >= 15 is 0 Å². The number of hydrogen-bond donors (Lipinski definition) is 0. The van der Waals surface area contributed by atoms with E-state index in [-0.39, 0.29) is 19.4 Å². The van der Waals surface area contributed by atoms with Gasteiger partial charge in [0.2, 0.25) is 0 Å². The first kappa shape index (κ1) is 31.5. The first-order valence-electron chi connectivity index (χ1n) is 15.4. The van der Waals surface area contributed by atoms with Crippen LogP contribution in [0.25, 0.3) is 0 Å². The van der Waals surface area contributed by atoms with Gasteiger partial charge in [-0.25, -0.2) is 4.79 Å². The predicted octanol–water partition coefficient (Wildman–Crippen LogP) is 3.08. The number of cyclic esters (lactones) is 1. The van der Waals surface area contributed by atoms with Gasteiger partial charge in [0.15, 0.2) is 17.8 Å². The van der Waals surface area contributed by atoms with E-state index in [1.54, 1.807) is 37.3 Å². The largest absolute Gasteiger partial charge is 0.462 e. The average Bonchev–Trinajstić information content (AvgIpc) is 3.66. The zero-order chi connectivity index (χ0) is 32.6. The van der Waals surface area contributed by atoms with Gasteiger partial charge in [-0.1, -0.05) is 32.0 Å². The third-order valence-electron chi connectivity index (χ3n) is 11.2. The third kappa shape index (κ3) is 4.66. The molecule has 5 aliphatic rings. The first-order valence-corrected chi connectivity index (χ1v) is 15.4. The van der Waals surface area contributed by atoms with E-state index in [4.69, 9.17) is 33.2 Å². The summed E-state index contributed by atoms with van der Waals surface area (Å²) in [6.45, 7) is 9.64. The van der Waals surface area contributed by atoms with Crippen molar-refractivity contribution in [2.24, 2.45) is 16.7 Å². The van der Waals surface area contributed by atoms with Crippen molar-refractivity contribution in [2.75, 3.05) is 13.2 Å². The molecule has 0 unspecified atom stereocenters. The van der Waals surface area contributed by atoms with Crippen LogP contribution in [0, 0.1) is 16.7 Å². The zero-order valence-electron chi connectivity index (χ0n) is 26.4. The quantitative estimate of drug-likeness (QED) is 0.268. The van der Waals surface area contributed by atoms with Gasteiger partial charge in [-0.15, -0.1) is 0 Å². The Labute approximate surface area is 261 Å². The molecule has 2 aliphatic carbocycles. The predicted molar refractivity (Wildman–Crippen MR) is 152 cm³/mol. The Hall–Kier alpha value is -3.51. The maximum Gasteiger partial charge on any atom is 0.338 e. The van der Waals surface area contributed by atoms with Crippen LogP contribution in [0.3, 0.4) is 0 Å². The molecular formula is C33H40O12. The number of esters is 5. The highest BCUT2D eigenvalue weighted by atomic mass is 16.7. The second-order valence-electron chi connectivity index (χ2n) is 13.8. The Morgan fingerprint density at radius 2 is 1.47 bits per heavy atom. The van der Waals surface area contributed by atoms with Gasteiger partial charge in [0, 0.05) is 37.5 Å². The lowest BCUT2D eigenvalue weighted by Crippen LogP contribution is -2.82. The van der Waals surface area contributed by atoms with Gasteiger partial charge in [0.25, 0.3) is 0 Å². The second kappa shape index (κ2) is 10.5. The molecule has 1 aromatic carbocycles. The fraction of sp³-hybridized carbons (Fsp3) is 0.667. The van der Waals surface area contributed by atoms with E-state index in [9.17, 15) is 24.0 Å². The SMILES string of the molecule is CC(=O)O[C@@H]1CC[C@]2(CO2)[C@]2(C)[C@@H](OC(C)=O)[C@H](OC(C)=O)[C@]3(C)O[C@]4(COC(=O)C4)[C@@H](OC(=O)c4ccccc4)C[C@]3(C)[C@@H]12. The monoisotopic (exact) mass is 628 g/mol. The van der Waals surface area contributed by atoms with Crippen molar-refractivity contribution in [1.82, 2.24) is 0 Å². The molecule has 0 N–H and O–H groups in total. The highest BCUT2D eigenvalue weighted by Gasteiger charge is 2.83. The van der Waals surface area contributed by atoms with E-state index in [1.165, 1.54) is 20.8 Å². The van der Waals surface area contributed by atoms with Gasteiger partial charge in [0.1, 0.15) is 30.0 Å². The lowest BCUT2D eigenvalue weighted by molar-refractivity contribution is -0.380. The van der Waals surface area contributed by atoms with Crippen LogP contribution in [0.5, 0.6) is 0 Å². The molecule has 2 saturated carbocycles. The summed E-state index contributed by atoms with van der Waals surface area (Å²) in [5.41, 5.74) is -5.47. The van der Waals surface area contributed by atoms with Crippen LogP contribution >= 0.6 is 0 Å². The summed E-state index contributed by atoms with van der Waals surface area (Å²) in [5, 5.41) is 0. The third-order valence-corrected chi connectivity index (χ3v) is 11.2. The molecule has 0 aromatic heterocycles. The Morgan fingerprint density at radius 1 is 0.844 bits per heavy atom. The zero-order valence-corrected chi connectivity index (χ0v) is 26.4. The minimum atomic E-state index is -1.46. The normalized spacial score (nSPS) is 43.0. The summed E-state index contributed by atoms with van der Waals surface area (Å²) in [5.74, 6) is -3.46.